The lowest BCUT2D eigenvalue weighted by molar-refractivity contribution is 0.305. The zero-order chi connectivity index (χ0) is 14.1. The normalized spacial score (nSPS) is 10.9. The molecule has 3 heteroatoms. The van der Waals surface area contributed by atoms with Crippen LogP contribution in [0.15, 0.2) is 48.7 Å². The van der Waals surface area contributed by atoms with Gasteiger partial charge in [-0.1, -0.05) is 30.3 Å². The molecule has 2 aromatic carbocycles. The van der Waals surface area contributed by atoms with Crippen LogP contribution in [0.1, 0.15) is 11.1 Å². The summed E-state index contributed by atoms with van der Waals surface area (Å²) in [4.78, 5) is 0. The second-order valence-electron chi connectivity index (χ2n) is 4.96. The summed E-state index contributed by atoms with van der Waals surface area (Å²) in [5.74, 6) is 0.660. The summed E-state index contributed by atoms with van der Waals surface area (Å²) >= 11 is 0. The molecule has 0 unspecified atom stereocenters. The SMILES string of the molecule is Cc1ccccc1OCc1cn(C)c2c(F)cccc12. The topological polar surface area (TPSA) is 14.2 Å². The quantitative estimate of drug-likeness (QED) is 0.695. The minimum atomic E-state index is -0.202. The molecule has 20 heavy (non-hydrogen) atoms. The predicted molar refractivity (Wildman–Crippen MR) is 78.4 cm³/mol. The van der Waals surface area contributed by atoms with E-state index in [0.717, 1.165) is 22.3 Å². The van der Waals surface area contributed by atoms with Gasteiger partial charge >= 0.3 is 0 Å². The van der Waals surface area contributed by atoms with Crippen molar-refractivity contribution >= 4 is 10.9 Å². The Kier molecular flexibility index (Phi) is 3.18. The van der Waals surface area contributed by atoms with E-state index >= 15 is 0 Å². The zero-order valence-electron chi connectivity index (χ0n) is 11.6. The molecule has 0 bridgehead atoms. The first-order valence-corrected chi connectivity index (χ1v) is 6.57. The summed E-state index contributed by atoms with van der Waals surface area (Å²) in [6.07, 6.45) is 1.92. The maximum Gasteiger partial charge on any atom is 0.147 e. The molecule has 2 nitrogen and oxygen atoms in total. The van der Waals surface area contributed by atoms with Gasteiger partial charge in [0, 0.05) is 24.2 Å². The molecule has 0 spiro atoms. The molecule has 0 fully saturated rings. The molecule has 0 aliphatic heterocycles. The predicted octanol–water partition coefficient (Wildman–Crippen LogP) is 4.20. The molecule has 3 aromatic rings. The van der Waals surface area contributed by atoms with Crippen LogP contribution >= 0.6 is 0 Å². The van der Waals surface area contributed by atoms with Gasteiger partial charge in [-0.2, -0.15) is 0 Å². The zero-order valence-corrected chi connectivity index (χ0v) is 11.6. The Morgan fingerprint density at radius 3 is 2.70 bits per heavy atom. The largest absolute Gasteiger partial charge is 0.489 e. The Labute approximate surface area is 117 Å². The van der Waals surface area contributed by atoms with Gasteiger partial charge < -0.3 is 9.30 Å². The molecule has 0 amide bonds. The van der Waals surface area contributed by atoms with E-state index in [1.54, 1.807) is 10.6 Å². The molecule has 1 heterocycles. The molecule has 0 N–H and O–H groups in total. The molecule has 3 rings (SSSR count). The summed E-state index contributed by atoms with van der Waals surface area (Å²) < 4.78 is 21.5. The van der Waals surface area contributed by atoms with E-state index < -0.39 is 0 Å². The molecule has 0 aliphatic carbocycles. The van der Waals surface area contributed by atoms with E-state index in [1.165, 1.54) is 6.07 Å². The Balaban J connectivity index is 1.93. The highest BCUT2D eigenvalue weighted by Gasteiger charge is 2.11. The van der Waals surface area contributed by atoms with Crippen LogP contribution in [-0.4, -0.2) is 4.57 Å². The molecule has 102 valence electrons. The van der Waals surface area contributed by atoms with E-state index in [0.29, 0.717) is 12.1 Å². The number of fused-ring (bicyclic) bond motifs is 1. The molecule has 0 aliphatic rings. The lowest BCUT2D eigenvalue weighted by Gasteiger charge is -2.08. The summed E-state index contributed by atoms with van der Waals surface area (Å²) in [6, 6.07) is 13.0. The van der Waals surface area contributed by atoms with Crippen LogP contribution < -0.4 is 4.74 Å². The number of benzene rings is 2. The van der Waals surface area contributed by atoms with E-state index in [-0.39, 0.29) is 5.82 Å². The van der Waals surface area contributed by atoms with Crippen LogP contribution in [0.2, 0.25) is 0 Å². The third-order valence-electron chi connectivity index (χ3n) is 3.51. The molecular formula is C17H16FNO. The van der Waals surface area contributed by atoms with Crippen LogP contribution in [0.3, 0.4) is 0 Å². The Hall–Kier alpha value is -2.29. The number of para-hydroxylation sites is 2. The van der Waals surface area contributed by atoms with Gasteiger partial charge in [0.25, 0.3) is 0 Å². The molecule has 0 saturated carbocycles. The number of halogens is 1. The summed E-state index contributed by atoms with van der Waals surface area (Å²) in [6.45, 7) is 2.45. The monoisotopic (exact) mass is 269 g/mol. The van der Waals surface area contributed by atoms with Crippen molar-refractivity contribution in [1.82, 2.24) is 4.57 Å². The van der Waals surface area contributed by atoms with Gasteiger partial charge in [-0.05, 0) is 24.6 Å². The average molecular weight is 269 g/mol. The molecular weight excluding hydrogens is 253 g/mol. The van der Waals surface area contributed by atoms with E-state index in [2.05, 4.69) is 0 Å². The number of rotatable bonds is 3. The molecule has 0 radical (unpaired) electrons. The van der Waals surface area contributed by atoms with Gasteiger partial charge in [0.2, 0.25) is 0 Å². The first-order valence-electron chi connectivity index (χ1n) is 6.57. The minimum Gasteiger partial charge on any atom is -0.489 e. The fourth-order valence-corrected chi connectivity index (χ4v) is 2.49. The number of aryl methyl sites for hydroxylation is 2. The summed E-state index contributed by atoms with van der Waals surface area (Å²) in [5.41, 5.74) is 2.71. The fourth-order valence-electron chi connectivity index (χ4n) is 2.49. The number of ether oxygens (including phenoxy) is 1. The average Bonchev–Trinajstić information content (AvgIpc) is 2.76. The van der Waals surface area contributed by atoms with E-state index in [9.17, 15) is 4.39 Å². The smallest absolute Gasteiger partial charge is 0.147 e. The highest BCUT2D eigenvalue weighted by molar-refractivity contribution is 5.84. The van der Waals surface area contributed by atoms with E-state index in [4.69, 9.17) is 4.74 Å². The number of hydrogen-bond donors (Lipinski definition) is 0. The maximum absolute atomic E-state index is 13.8. The highest BCUT2D eigenvalue weighted by atomic mass is 19.1. The van der Waals surface area contributed by atoms with Gasteiger partial charge in [-0.25, -0.2) is 4.39 Å². The van der Waals surface area contributed by atoms with Crippen molar-refractivity contribution in [3.8, 4) is 5.75 Å². The van der Waals surface area contributed by atoms with Crippen molar-refractivity contribution in [3.05, 3.63) is 65.6 Å². The number of nitrogens with zero attached hydrogens (tertiary/aromatic N) is 1. The highest BCUT2D eigenvalue weighted by Crippen LogP contribution is 2.25. The van der Waals surface area contributed by atoms with Gasteiger partial charge in [0.05, 0.1) is 5.52 Å². The third kappa shape index (κ3) is 2.16. The third-order valence-corrected chi connectivity index (χ3v) is 3.51. The second kappa shape index (κ2) is 5.00. The van der Waals surface area contributed by atoms with Crippen molar-refractivity contribution in [2.75, 3.05) is 0 Å². The van der Waals surface area contributed by atoms with Crippen molar-refractivity contribution < 1.29 is 9.13 Å². The van der Waals surface area contributed by atoms with Gasteiger partial charge in [-0.3, -0.25) is 0 Å². The van der Waals surface area contributed by atoms with Crippen molar-refractivity contribution in [1.29, 1.82) is 0 Å². The lowest BCUT2D eigenvalue weighted by Crippen LogP contribution is -1.96. The Bertz CT molecular complexity index is 761. The number of hydrogen-bond acceptors (Lipinski definition) is 1. The van der Waals surface area contributed by atoms with Crippen LogP contribution in [0.25, 0.3) is 10.9 Å². The van der Waals surface area contributed by atoms with Crippen LogP contribution in [0.5, 0.6) is 5.75 Å². The van der Waals surface area contributed by atoms with Gasteiger partial charge in [0.1, 0.15) is 18.2 Å². The van der Waals surface area contributed by atoms with Gasteiger partial charge in [0.15, 0.2) is 0 Å². The van der Waals surface area contributed by atoms with E-state index in [1.807, 2.05) is 50.5 Å². The van der Waals surface area contributed by atoms with Crippen LogP contribution in [-0.2, 0) is 13.7 Å². The van der Waals surface area contributed by atoms with Crippen LogP contribution in [0.4, 0.5) is 4.39 Å². The van der Waals surface area contributed by atoms with Crippen molar-refractivity contribution in [2.45, 2.75) is 13.5 Å². The van der Waals surface area contributed by atoms with Crippen molar-refractivity contribution in [2.24, 2.45) is 7.05 Å². The standard InChI is InChI=1S/C17H16FNO/c1-12-6-3-4-9-16(12)20-11-13-10-19(2)17-14(13)7-5-8-15(17)18/h3-10H,11H2,1-2H3. The Morgan fingerprint density at radius 1 is 1.10 bits per heavy atom. The van der Waals surface area contributed by atoms with Crippen molar-refractivity contribution in [3.63, 3.8) is 0 Å². The first kappa shape index (κ1) is 12.7. The first-order chi connectivity index (χ1) is 9.66. The maximum atomic E-state index is 13.8. The second-order valence-corrected chi connectivity index (χ2v) is 4.96. The summed E-state index contributed by atoms with van der Waals surface area (Å²) in [5, 5.41) is 0.904. The minimum absolute atomic E-state index is 0.202. The Morgan fingerprint density at radius 2 is 1.90 bits per heavy atom. The van der Waals surface area contributed by atoms with Gasteiger partial charge in [-0.15, -0.1) is 0 Å². The molecule has 1 aromatic heterocycles. The lowest BCUT2D eigenvalue weighted by atomic mass is 10.2. The summed E-state index contributed by atoms with van der Waals surface area (Å²) in [7, 11) is 1.85. The molecule has 0 atom stereocenters. The molecule has 0 saturated heterocycles. The number of aromatic nitrogens is 1. The fraction of sp³-hybridized carbons (Fsp3) is 0.176. The van der Waals surface area contributed by atoms with Crippen LogP contribution in [0, 0.1) is 12.7 Å².